The molecule has 0 amide bonds. The normalized spacial score (nSPS) is 11.8. The number of hydrogen-bond donors (Lipinski definition) is 0. The summed E-state index contributed by atoms with van der Waals surface area (Å²) in [5, 5.41) is 9.56. The standard InChI is InChI=1S/C59H37N5/c1-4-16-38(17-5-1)41-21-14-23-43(34-41)58-60-57(40-19-6-2-7-20-40)61-59(62-58)50-28-15-22-42-35-45(31-33-46(42)50)63-53-29-13-12-27-48(53)51-36-52-49-32-30-39-18-10-11-26-47(39)56(49)64(55(52)37-54(51)63)44-24-8-3-9-25-44/h1-37H. The minimum atomic E-state index is 0.632. The monoisotopic (exact) mass is 815 g/mol. The van der Waals surface area contributed by atoms with Gasteiger partial charge in [-0.3, -0.25) is 0 Å². The summed E-state index contributed by atoms with van der Waals surface area (Å²) >= 11 is 0. The lowest BCUT2D eigenvalue weighted by Crippen LogP contribution is -2.01. The quantitative estimate of drug-likeness (QED) is 0.168. The third-order valence-electron chi connectivity index (χ3n) is 12.7. The van der Waals surface area contributed by atoms with Crippen LogP contribution in [0, 0.1) is 0 Å². The molecule has 0 saturated heterocycles. The fourth-order valence-corrected chi connectivity index (χ4v) is 9.78. The van der Waals surface area contributed by atoms with E-state index in [-0.39, 0.29) is 0 Å². The molecule has 3 aromatic heterocycles. The molecule has 5 nitrogen and oxygen atoms in total. The lowest BCUT2D eigenvalue weighted by Gasteiger charge is -2.13. The van der Waals surface area contributed by atoms with Gasteiger partial charge in [-0.25, -0.2) is 15.0 Å². The molecule has 3 heterocycles. The first kappa shape index (κ1) is 36.0. The van der Waals surface area contributed by atoms with Crippen LogP contribution in [0.3, 0.4) is 0 Å². The average Bonchev–Trinajstić information content (AvgIpc) is 3.88. The van der Waals surface area contributed by atoms with Gasteiger partial charge in [0, 0.05) is 55.0 Å². The minimum Gasteiger partial charge on any atom is -0.309 e. The third-order valence-corrected chi connectivity index (χ3v) is 12.7. The van der Waals surface area contributed by atoms with Crippen molar-refractivity contribution in [1.82, 2.24) is 24.1 Å². The van der Waals surface area contributed by atoms with Crippen molar-refractivity contribution in [2.75, 3.05) is 0 Å². The van der Waals surface area contributed by atoms with E-state index in [2.05, 4.69) is 209 Å². The van der Waals surface area contributed by atoms with Crippen molar-refractivity contribution in [1.29, 1.82) is 0 Å². The molecule has 0 unspecified atom stereocenters. The van der Waals surface area contributed by atoms with Crippen molar-refractivity contribution >= 4 is 65.2 Å². The van der Waals surface area contributed by atoms with Crippen LogP contribution in [-0.2, 0) is 0 Å². The Balaban J connectivity index is 1.01. The molecule has 0 saturated carbocycles. The Hall–Kier alpha value is -8.67. The largest absolute Gasteiger partial charge is 0.309 e. The lowest BCUT2D eigenvalue weighted by molar-refractivity contribution is 1.08. The van der Waals surface area contributed by atoms with Gasteiger partial charge in [-0.2, -0.15) is 0 Å². The van der Waals surface area contributed by atoms with Crippen molar-refractivity contribution in [2.45, 2.75) is 0 Å². The molecule has 5 heteroatoms. The zero-order valence-corrected chi connectivity index (χ0v) is 34.6. The smallest absolute Gasteiger partial charge is 0.164 e. The molecule has 0 spiro atoms. The molecule has 0 aliphatic rings. The van der Waals surface area contributed by atoms with Gasteiger partial charge in [-0.1, -0.05) is 176 Å². The van der Waals surface area contributed by atoms with Gasteiger partial charge in [0.1, 0.15) is 0 Å². The summed E-state index contributed by atoms with van der Waals surface area (Å²) in [6.45, 7) is 0. The van der Waals surface area contributed by atoms with Gasteiger partial charge in [0.05, 0.1) is 22.1 Å². The summed E-state index contributed by atoms with van der Waals surface area (Å²) in [6.07, 6.45) is 0. The SMILES string of the molecule is c1ccc(-c2cccc(-c3nc(-c4ccccc4)nc(-c4cccc5cc(-n6c7ccccc7c7cc8c9ccc%10ccccc%10c9n(-c9ccccc9)c8cc76)ccc45)n3)c2)cc1. The van der Waals surface area contributed by atoms with E-state index in [1.807, 2.05) is 24.3 Å². The van der Waals surface area contributed by atoms with Crippen molar-refractivity contribution in [3.8, 4) is 56.7 Å². The fraction of sp³-hybridized carbons (Fsp3) is 0. The Morgan fingerprint density at radius 2 is 0.859 bits per heavy atom. The fourth-order valence-electron chi connectivity index (χ4n) is 9.78. The number of hydrogen-bond acceptors (Lipinski definition) is 3. The Morgan fingerprint density at radius 3 is 1.69 bits per heavy atom. The first-order chi connectivity index (χ1) is 31.7. The van der Waals surface area contributed by atoms with Crippen LogP contribution in [0.4, 0.5) is 0 Å². The Labute approximate surface area is 368 Å². The first-order valence-electron chi connectivity index (χ1n) is 21.7. The summed E-state index contributed by atoms with van der Waals surface area (Å²) in [7, 11) is 0. The molecular weight excluding hydrogens is 779 g/mol. The number of benzene rings is 10. The van der Waals surface area contributed by atoms with Gasteiger partial charge in [0.25, 0.3) is 0 Å². The molecule has 64 heavy (non-hydrogen) atoms. The van der Waals surface area contributed by atoms with Crippen molar-refractivity contribution in [2.24, 2.45) is 0 Å². The van der Waals surface area contributed by atoms with Gasteiger partial charge in [0.2, 0.25) is 0 Å². The van der Waals surface area contributed by atoms with Crippen molar-refractivity contribution in [3.63, 3.8) is 0 Å². The Kier molecular flexibility index (Phi) is 8.15. The van der Waals surface area contributed by atoms with E-state index in [1.54, 1.807) is 0 Å². The van der Waals surface area contributed by atoms with E-state index in [9.17, 15) is 0 Å². The lowest BCUT2D eigenvalue weighted by atomic mass is 10.0. The summed E-state index contributed by atoms with van der Waals surface area (Å²) in [5.74, 6) is 1.90. The molecule has 0 bridgehead atoms. The summed E-state index contributed by atoms with van der Waals surface area (Å²) in [6, 6.07) is 79.9. The molecule has 13 rings (SSSR count). The zero-order valence-electron chi connectivity index (χ0n) is 34.6. The second kappa shape index (κ2) is 14.5. The maximum Gasteiger partial charge on any atom is 0.164 e. The number of rotatable bonds is 6. The highest BCUT2D eigenvalue weighted by Crippen LogP contribution is 2.42. The predicted molar refractivity (Wildman–Crippen MR) is 265 cm³/mol. The highest BCUT2D eigenvalue weighted by atomic mass is 15.0. The molecule has 0 atom stereocenters. The van der Waals surface area contributed by atoms with Crippen LogP contribution in [0.25, 0.3) is 122 Å². The van der Waals surface area contributed by atoms with E-state index in [0.29, 0.717) is 17.5 Å². The summed E-state index contributed by atoms with van der Waals surface area (Å²) < 4.78 is 4.88. The second-order valence-corrected chi connectivity index (χ2v) is 16.4. The highest BCUT2D eigenvalue weighted by Gasteiger charge is 2.21. The maximum atomic E-state index is 5.21. The van der Waals surface area contributed by atoms with Crippen LogP contribution >= 0.6 is 0 Å². The van der Waals surface area contributed by atoms with E-state index < -0.39 is 0 Å². The van der Waals surface area contributed by atoms with Crippen LogP contribution in [0.5, 0.6) is 0 Å². The average molecular weight is 816 g/mol. The van der Waals surface area contributed by atoms with E-state index in [4.69, 9.17) is 15.0 Å². The molecule has 10 aromatic carbocycles. The summed E-state index contributed by atoms with van der Waals surface area (Å²) in [5.41, 5.74) is 12.0. The number of fused-ring (bicyclic) bond motifs is 9. The number of aromatic nitrogens is 5. The van der Waals surface area contributed by atoms with Gasteiger partial charge in [-0.05, 0) is 75.8 Å². The van der Waals surface area contributed by atoms with Crippen molar-refractivity contribution < 1.29 is 0 Å². The first-order valence-corrected chi connectivity index (χ1v) is 21.7. The predicted octanol–water partition coefficient (Wildman–Crippen LogP) is 15.0. The van der Waals surface area contributed by atoms with Crippen LogP contribution < -0.4 is 0 Å². The van der Waals surface area contributed by atoms with E-state index in [1.165, 1.54) is 43.4 Å². The molecule has 0 fully saturated rings. The Morgan fingerprint density at radius 1 is 0.266 bits per heavy atom. The maximum absolute atomic E-state index is 5.21. The zero-order chi connectivity index (χ0) is 42.1. The molecule has 0 aliphatic heterocycles. The Bertz CT molecular complexity index is 3940. The minimum absolute atomic E-state index is 0.632. The molecule has 0 radical (unpaired) electrons. The van der Waals surface area contributed by atoms with Gasteiger partial charge >= 0.3 is 0 Å². The van der Waals surface area contributed by atoms with E-state index >= 15 is 0 Å². The molecule has 13 aromatic rings. The van der Waals surface area contributed by atoms with Crippen LogP contribution in [0.2, 0.25) is 0 Å². The highest BCUT2D eigenvalue weighted by molar-refractivity contribution is 6.23. The van der Waals surface area contributed by atoms with Gasteiger partial charge in [0.15, 0.2) is 17.5 Å². The molecule has 298 valence electrons. The van der Waals surface area contributed by atoms with E-state index in [0.717, 1.165) is 61.0 Å². The summed E-state index contributed by atoms with van der Waals surface area (Å²) in [4.78, 5) is 15.4. The van der Waals surface area contributed by atoms with Gasteiger partial charge in [-0.15, -0.1) is 0 Å². The second-order valence-electron chi connectivity index (χ2n) is 16.4. The molecular formula is C59H37N5. The van der Waals surface area contributed by atoms with Crippen LogP contribution in [0.1, 0.15) is 0 Å². The molecule has 0 aliphatic carbocycles. The van der Waals surface area contributed by atoms with Crippen LogP contribution in [-0.4, -0.2) is 24.1 Å². The third kappa shape index (κ3) is 5.75. The van der Waals surface area contributed by atoms with Gasteiger partial charge < -0.3 is 9.13 Å². The number of nitrogens with zero attached hydrogens (tertiary/aromatic N) is 5. The van der Waals surface area contributed by atoms with Crippen molar-refractivity contribution in [3.05, 3.63) is 224 Å². The topological polar surface area (TPSA) is 48.5 Å². The molecule has 0 N–H and O–H groups in total. The number of para-hydroxylation sites is 2. The van der Waals surface area contributed by atoms with Crippen LogP contribution in [0.15, 0.2) is 224 Å².